The Labute approximate surface area is 110 Å². The zero-order valence-corrected chi connectivity index (χ0v) is 10.7. The van der Waals surface area contributed by atoms with E-state index in [1.54, 1.807) is 0 Å². The highest BCUT2D eigenvalue weighted by Crippen LogP contribution is 2.30. The van der Waals surface area contributed by atoms with Gasteiger partial charge in [-0.25, -0.2) is 8.78 Å². The molecule has 1 aromatic carbocycles. The van der Waals surface area contributed by atoms with Gasteiger partial charge in [0.1, 0.15) is 0 Å². The quantitative estimate of drug-likeness (QED) is 0.836. The Morgan fingerprint density at radius 3 is 2.44 bits per heavy atom. The lowest BCUT2D eigenvalue weighted by Crippen LogP contribution is -2.20. The molecule has 1 aliphatic rings. The van der Waals surface area contributed by atoms with Gasteiger partial charge in [-0.3, -0.25) is 0 Å². The minimum absolute atomic E-state index is 0.316. The van der Waals surface area contributed by atoms with E-state index in [1.165, 1.54) is 23.9 Å². The molecular formula is C13H15F2NOS. The van der Waals surface area contributed by atoms with Crippen molar-refractivity contribution >= 4 is 17.6 Å². The Balaban J connectivity index is 2.12. The van der Waals surface area contributed by atoms with Gasteiger partial charge < -0.3 is 10.5 Å². The molecule has 0 saturated heterocycles. The van der Waals surface area contributed by atoms with Gasteiger partial charge in [-0.1, -0.05) is 18.6 Å². The summed E-state index contributed by atoms with van der Waals surface area (Å²) in [5.74, 6) is -1.35. The molecule has 2 N–H and O–H groups in total. The van der Waals surface area contributed by atoms with E-state index >= 15 is 0 Å². The van der Waals surface area contributed by atoms with E-state index in [0.717, 1.165) is 12.8 Å². The fraction of sp³-hybridized carbons (Fsp3) is 0.462. The zero-order chi connectivity index (χ0) is 13.1. The molecule has 0 radical (unpaired) electrons. The summed E-state index contributed by atoms with van der Waals surface area (Å²) >= 11 is 4.66. The van der Waals surface area contributed by atoms with Crippen LogP contribution in [0.15, 0.2) is 12.1 Å². The molecule has 1 unspecified atom stereocenters. The van der Waals surface area contributed by atoms with Gasteiger partial charge in [0.05, 0.1) is 12.6 Å². The molecule has 98 valence electrons. The van der Waals surface area contributed by atoms with Crippen molar-refractivity contribution in [1.82, 2.24) is 0 Å². The van der Waals surface area contributed by atoms with E-state index in [9.17, 15) is 8.78 Å². The molecule has 5 heteroatoms. The van der Waals surface area contributed by atoms with Crippen LogP contribution in [0.2, 0.25) is 0 Å². The average molecular weight is 271 g/mol. The summed E-state index contributed by atoms with van der Waals surface area (Å²) in [5, 5.41) is 1.27. The minimum Gasteiger partial charge on any atom is -0.487 e. The summed E-state index contributed by atoms with van der Waals surface area (Å²) in [7, 11) is 0. The van der Waals surface area contributed by atoms with Crippen LogP contribution in [-0.4, -0.2) is 12.0 Å². The molecule has 0 spiro atoms. The first-order valence-electron chi connectivity index (χ1n) is 5.94. The number of halogens is 2. The van der Waals surface area contributed by atoms with E-state index in [2.05, 4.69) is 12.2 Å². The van der Waals surface area contributed by atoms with Crippen molar-refractivity contribution in [2.45, 2.75) is 25.3 Å². The standard InChI is InChI=1S/C13H15F2NOS/c14-10-4-9(12(16)7-18)5-11(15)13(10)17-6-8-2-1-3-8/h4-5,7-8,12H,1-3,6,16H2. The Kier molecular flexibility index (Phi) is 4.24. The van der Waals surface area contributed by atoms with E-state index < -0.39 is 17.7 Å². The van der Waals surface area contributed by atoms with Gasteiger partial charge in [-0.2, -0.15) is 0 Å². The largest absolute Gasteiger partial charge is 0.487 e. The summed E-state index contributed by atoms with van der Waals surface area (Å²) in [4.78, 5) is 0. The minimum atomic E-state index is -0.725. The lowest BCUT2D eigenvalue weighted by atomic mass is 9.86. The van der Waals surface area contributed by atoms with Crippen LogP contribution in [0, 0.1) is 17.6 Å². The van der Waals surface area contributed by atoms with Crippen molar-refractivity contribution in [2.24, 2.45) is 11.7 Å². The number of ether oxygens (including phenoxy) is 1. The van der Waals surface area contributed by atoms with Crippen LogP contribution in [0.1, 0.15) is 30.9 Å². The van der Waals surface area contributed by atoms with E-state index in [-0.39, 0.29) is 5.75 Å². The van der Waals surface area contributed by atoms with Gasteiger partial charge in [-0.15, -0.1) is 0 Å². The molecule has 1 fully saturated rings. The fourth-order valence-electron chi connectivity index (χ4n) is 1.85. The molecular weight excluding hydrogens is 256 g/mol. The van der Waals surface area contributed by atoms with Crippen molar-refractivity contribution in [1.29, 1.82) is 0 Å². The van der Waals surface area contributed by atoms with E-state index in [1.807, 2.05) is 0 Å². The molecule has 1 aliphatic carbocycles. The van der Waals surface area contributed by atoms with Gasteiger partial charge >= 0.3 is 0 Å². The highest BCUT2D eigenvalue weighted by atomic mass is 32.1. The summed E-state index contributed by atoms with van der Waals surface area (Å²) in [6.45, 7) is 0.367. The molecule has 1 atom stereocenters. The monoisotopic (exact) mass is 271 g/mol. The lowest BCUT2D eigenvalue weighted by Gasteiger charge is -2.25. The summed E-state index contributed by atoms with van der Waals surface area (Å²) in [6, 6.07) is 1.70. The number of thiocarbonyl (C=S) groups is 1. The molecule has 2 nitrogen and oxygen atoms in total. The lowest BCUT2D eigenvalue weighted by molar-refractivity contribution is 0.170. The second-order valence-electron chi connectivity index (χ2n) is 4.58. The number of benzene rings is 1. The second-order valence-corrected chi connectivity index (χ2v) is 4.86. The van der Waals surface area contributed by atoms with Gasteiger partial charge in [0.15, 0.2) is 17.4 Å². The van der Waals surface area contributed by atoms with Crippen LogP contribution in [0.25, 0.3) is 0 Å². The number of hydrogen-bond donors (Lipinski definition) is 1. The molecule has 0 bridgehead atoms. The predicted octanol–water partition coefficient (Wildman–Crippen LogP) is 3.14. The molecule has 0 heterocycles. The molecule has 18 heavy (non-hydrogen) atoms. The molecule has 0 aromatic heterocycles. The third-order valence-corrected chi connectivity index (χ3v) is 3.53. The van der Waals surface area contributed by atoms with Crippen molar-refractivity contribution in [3.05, 3.63) is 29.3 Å². The first-order valence-corrected chi connectivity index (χ1v) is 6.41. The smallest absolute Gasteiger partial charge is 0.190 e. The van der Waals surface area contributed by atoms with Gasteiger partial charge in [-0.05, 0) is 36.5 Å². The highest BCUT2D eigenvalue weighted by Gasteiger charge is 2.21. The van der Waals surface area contributed by atoms with Crippen LogP contribution in [0.3, 0.4) is 0 Å². The van der Waals surface area contributed by atoms with Crippen molar-refractivity contribution in [3.63, 3.8) is 0 Å². The Hall–Kier alpha value is -1.07. The van der Waals surface area contributed by atoms with E-state index in [4.69, 9.17) is 10.5 Å². The van der Waals surface area contributed by atoms with Crippen LogP contribution in [-0.2, 0) is 0 Å². The summed E-state index contributed by atoms with van der Waals surface area (Å²) in [6.07, 6.45) is 3.30. The Morgan fingerprint density at radius 2 is 2.00 bits per heavy atom. The molecule has 0 aliphatic heterocycles. The van der Waals surface area contributed by atoms with Crippen LogP contribution >= 0.6 is 12.2 Å². The number of hydrogen-bond acceptors (Lipinski definition) is 3. The van der Waals surface area contributed by atoms with Crippen LogP contribution in [0.5, 0.6) is 5.75 Å². The van der Waals surface area contributed by atoms with Crippen molar-refractivity contribution in [3.8, 4) is 5.75 Å². The third kappa shape index (κ3) is 2.84. The van der Waals surface area contributed by atoms with Crippen molar-refractivity contribution < 1.29 is 13.5 Å². The topological polar surface area (TPSA) is 35.2 Å². The summed E-state index contributed by atoms with van der Waals surface area (Å²) in [5.41, 5.74) is 5.92. The maximum atomic E-state index is 13.7. The fourth-order valence-corrected chi connectivity index (χ4v) is 2.01. The molecule has 2 rings (SSSR count). The Morgan fingerprint density at radius 1 is 1.39 bits per heavy atom. The predicted molar refractivity (Wildman–Crippen MR) is 69.8 cm³/mol. The Bertz CT molecular complexity index is 426. The second kappa shape index (κ2) is 5.71. The average Bonchev–Trinajstić information content (AvgIpc) is 2.29. The van der Waals surface area contributed by atoms with E-state index in [0.29, 0.717) is 18.1 Å². The maximum Gasteiger partial charge on any atom is 0.190 e. The third-order valence-electron chi connectivity index (χ3n) is 3.24. The first-order chi connectivity index (χ1) is 8.61. The van der Waals surface area contributed by atoms with Gasteiger partial charge in [0.2, 0.25) is 0 Å². The normalized spacial score (nSPS) is 17.1. The molecule has 0 amide bonds. The van der Waals surface area contributed by atoms with Crippen LogP contribution in [0.4, 0.5) is 8.78 Å². The van der Waals surface area contributed by atoms with Gasteiger partial charge in [0.25, 0.3) is 0 Å². The molecule has 1 aromatic rings. The van der Waals surface area contributed by atoms with Crippen LogP contribution < -0.4 is 10.5 Å². The van der Waals surface area contributed by atoms with Crippen molar-refractivity contribution in [2.75, 3.05) is 6.61 Å². The maximum absolute atomic E-state index is 13.7. The zero-order valence-electron chi connectivity index (χ0n) is 9.86. The van der Waals surface area contributed by atoms with Gasteiger partial charge in [0, 0.05) is 5.37 Å². The number of nitrogens with two attached hydrogens (primary N) is 1. The summed E-state index contributed by atoms with van der Waals surface area (Å²) < 4.78 is 32.6. The first kappa shape index (κ1) is 13.4. The number of rotatable bonds is 5. The molecule has 1 saturated carbocycles. The SMILES string of the molecule is NC(C=S)c1cc(F)c(OCC2CCC2)c(F)c1. The highest BCUT2D eigenvalue weighted by molar-refractivity contribution is 7.79.